The molecule has 0 spiro atoms. The highest BCUT2D eigenvalue weighted by Gasteiger charge is 2.36. The van der Waals surface area contributed by atoms with Crippen LogP contribution >= 0.6 is 0 Å². The number of nitrogens with one attached hydrogen (secondary N) is 1. The number of nitrogens with zero attached hydrogens (tertiary/aromatic N) is 1. The molecule has 0 aliphatic carbocycles. The molecule has 0 saturated carbocycles. The molecule has 18 heavy (non-hydrogen) atoms. The summed E-state index contributed by atoms with van der Waals surface area (Å²) in [4.78, 5) is 27.8. The van der Waals surface area contributed by atoms with Crippen LogP contribution in [0.15, 0.2) is 17.1 Å². The van der Waals surface area contributed by atoms with Gasteiger partial charge in [0, 0.05) is 11.8 Å². The van der Waals surface area contributed by atoms with Gasteiger partial charge in [-0.05, 0) is 18.6 Å². The molecule has 1 N–H and O–H groups in total. The van der Waals surface area contributed by atoms with E-state index in [1.807, 2.05) is 0 Å². The lowest BCUT2D eigenvalue weighted by Gasteiger charge is -2.10. The predicted molar refractivity (Wildman–Crippen MR) is 57.5 cm³/mol. The molecule has 2 aromatic rings. The van der Waals surface area contributed by atoms with E-state index in [0.717, 1.165) is 6.20 Å². The minimum absolute atomic E-state index is 0.0209. The maximum Gasteiger partial charge on any atom is 0.422 e. The largest absolute Gasteiger partial charge is 0.422 e. The Morgan fingerprint density at radius 1 is 1.39 bits per heavy atom. The Kier molecular flexibility index (Phi) is 2.68. The maximum absolute atomic E-state index is 12.7. The van der Waals surface area contributed by atoms with Crippen molar-refractivity contribution < 1.29 is 18.0 Å². The lowest BCUT2D eigenvalue weighted by molar-refractivity contribution is -0.139. The predicted octanol–water partition coefficient (Wildman–Crippen LogP) is 2.06. The van der Waals surface area contributed by atoms with Crippen molar-refractivity contribution >= 4 is 17.3 Å². The van der Waals surface area contributed by atoms with Crippen molar-refractivity contribution in [2.75, 3.05) is 0 Å². The number of aromatic nitrogens is 2. The van der Waals surface area contributed by atoms with Crippen LogP contribution in [0.4, 0.5) is 13.2 Å². The van der Waals surface area contributed by atoms with Crippen LogP contribution < -0.4 is 5.56 Å². The van der Waals surface area contributed by atoms with Gasteiger partial charge in [0.2, 0.25) is 0 Å². The SMILES string of the molecule is Cc1c(C(F)(F)F)c(=O)[nH]c2cc(C=O)cnc12. The topological polar surface area (TPSA) is 62.8 Å². The number of rotatable bonds is 1. The summed E-state index contributed by atoms with van der Waals surface area (Å²) >= 11 is 0. The molecule has 0 aliphatic heterocycles. The first kappa shape index (κ1) is 12.3. The van der Waals surface area contributed by atoms with Crippen LogP contribution in [0.1, 0.15) is 21.5 Å². The van der Waals surface area contributed by atoms with Crippen molar-refractivity contribution in [3.8, 4) is 0 Å². The fraction of sp³-hybridized carbons (Fsp3) is 0.182. The number of H-pyrrole nitrogens is 1. The van der Waals surface area contributed by atoms with E-state index in [9.17, 15) is 22.8 Å². The van der Waals surface area contributed by atoms with Crippen molar-refractivity contribution in [3.05, 3.63) is 39.3 Å². The average molecular weight is 256 g/mol. The number of aryl methyl sites for hydroxylation is 1. The Morgan fingerprint density at radius 2 is 2.06 bits per heavy atom. The first-order valence-corrected chi connectivity index (χ1v) is 4.89. The third-order valence-corrected chi connectivity index (χ3v) is 2.53. The third kappa shape index (κ3) is 1.87. The van der Waals surface area contributed by atoms with E-state index < -0.39 is 17.3 Å². The Hall–Kier alpha value is -2.18. The molecule has 94 valence electrons. The molecule has 2 rings (SSSR count). The van der Waals surface area contributed by atoms with E-state index in [1.54, 1.807) is 0 Å². The molecular formula is C11H7F3N2O2. The van der Waals surface area contributed by atoms with Gasteiger partial charge in [0.15, 0.2) is 6.29 Å². The van der Waals surface area contributed by atoms with Gasteiger partial charge in [-0.1, -0.05) is 0 Å². The highest BCUT2D eigenvalue weighted by Crippen LogP contribution is 2.31. The second-order valence-electron chi connectivity index (χ2n) is 3.73. The molecule has 0 aliphatic rings. The van der Waals surface area contributed by atoms with E-state index in [-0.39, 0.29) is 22.2 Å². The first-order valence-electron chi connectivity index (χ1n) is 4.89. The monoisotopic (exact) mass is 256 g/mol. The number of aldehydes is 1. The molecule has 0 amide bonds. The summed E-state index contributed by atoms with van der Waals surface area (Å²) in [7, 11) is 0. The van der Waals surface area contributed by atoms with Gasteiger partial charge in [0.25, 0.3) is 5.56 Å². The molecule has 0 radical (unpaired) electrons. The number of hydrogen-bond donors (Lipinski definition) is 1. The molecule has 2 heterocycles. The van der Waals surface area contributed by atoms with Crippen LogP contribution in [0.25, 0.3) is 11.0 Å². The van der Waals surface area contributed by atoms with E-state index in [1.165, 1.54) is 13.0 Å². The highest BCUT2D eigenvalue weighted by atomic mass is 19.4. The van der Waals surface area contributed by atoms with Gasteiger partial charge in [-0.3, -0.25) is 14.6 Å². The molecule has 0 fully saturated rings. The number of hydrogen-bond acceptors (Lipinski definition) is 3. The van der Waals surface area contributed by atoms with Crippen molar-refractivity contribution in [3.63, 3.8) is 0 Å². The van der Waals surface area contributed by atoms with Crippen LogP contribution in [-0.4, -0.2) is 16.3 Å². The normalized spacial score (nSPS) is 11.8. The van der Waals surface area contributed by atoms with Gasteiger partial charge in [-0.15, -0.1) is 0 Å². The number of aromatic amines is 1. The minimum atomic E-state index is -4.74. The molecule has 2 aromatic heterocycles. The van der Waals surface area contributed by atoms with E-state index >= 15 is 0 Å². The Morgan fingerprint density at radius 3 is 2.61 bits per heavy atom. The van der Waals surface area contributed by atoms with Gasteiger partial charge in [0.1, 0.15) is 5.56 Å². The summed E-state index contributed by atoms with van der Waals surface area (Å²) in [5.74, 6) is 0. The number of alkyl halides is 3. The molecule has 0 aromatic carbocycles. The minimum Gasteiger partial charge on any atom is -0.320 e. The zero-order chi connectivity index (χ0) is 13.5. The quantitative estimate of drug-likeness (QED) is 0.794. The highest BCUT2D eigenvalue weighted by molar-refractivity contribution is 5.85. The molecule has 7 heteroatoms. The first-order chi connectivity index (χ1) is 8.34. The molecule has 0 saturated heterocycles. The summed E-state index contributed by atoms with van der Waals surface area (Å²) in [5.41, 5.74) is -2.45. The third-order valence-electron chi connectivity index (χ3n) is 2.53. The summed E-state index contributed by atoms with van der Waals surface area (Å²) < 4.78 is 38.0. The maximum atomic E-state index is 12.7. The summed E-state index contributed by atoms with van der Waals surface area (Å²) in [5, 5.41) is 0. The summed E-state index contributed by atoms with van der Waals surface area (Å²) in [6, 6.07) is 1.28. The molecule has 4 nitrogen and oxygen atoms in total. The van der Waals surface area contributed by atoms with Crippen LogP contribution in [0, 0.1) is 6.92 Å². The van der Waals surface area contributed by atoms with Crippen LogP contribution in [-0.2, 0) is 6.18 Å². The van der Waals surface area contributed by atoms with Gasteiger partial charge >= 0.3 is 6.18 Å². The molecule has 0 unspecified atom stereocenters. The molecular weight excluding hydrogens is 249 g/mol. The number of fused-ring (bicyclic) bond motifs is 1. The zero-order valence-electron chi connectivity index (χ0n) is 9.13. The number of carbonyl (C=O) groups excluding carboxylic acids is 1. The van der Waals surface area contributed by atoms with E-state index in [4.69, 9.17) is 0 Å². The standard InChI is InChI=1S/C11H7F3N2O2/c1-5-8(11(12,13)14)10(18)16-7-2-6(4-17)3-15-9(5)7/h2-4H,1H3,(H,16,18). The van der Waals surface area contributed by atoms with Crippen molar-refractivity contribution in [2.45, 2.75) is 13.1 Å². The van der Waals surface area contributed by atoms with Crippen molar-refractivity contribution in [2.24, 2.45) is 0 Å². The lowest BCUT2D eigenvalue weighted by Crippen LogP contribution is -2.23. The van der Waals surface area contributed by atoms with Crippen LogP contribution in [0.2, 0.25) is 0 Å². The smallest absolute Gasteiger partial charge is 0.320 e. The number of pyridine rings is 2. The summed E-state index contributed by atoms with van der Waals surface area (Å²) in [6.45, 7) is 1.17. The Bertz CT molecular complexity index is 689. The number of carbonyl (C=O) groups is 1. The van der Waals surface area contributed by atoms with Crippen LogP contribution in [0.3, 0.4) is 0 Å². The fourth-order valence-corrected chi connectivity index (χ4v) is 1.75. The van der Waals surface area contributed by atoms with Gasteiger partial charge in [0.05, 0.1) is 11.0 Å². The van der Waals surface area contributed by atoms with Gasteiger partial charge in [-0.25, -0.2) is 0 Å². The Labute approximate surface area is 98.5 Å². The Balaban J connectivity index is 2.88. The van der Waals surface area contributed by atoms with Gasteiger partial charge in [-0.2, -0.15) is 13.2 Å². The second kappa shape index (κ2) is 3.94. The van der Waals surface area contributed by atoms with Crippen LogP contribution in [0.5, 0.6) is 0 Å². The molecule has 0 bridgehead atoms. The van der Waals surface area contributed by atoms with Crippen molar-refractivity contribution in [1.82, 2.24) is 9.97 Å². The van der Waals surface area contributed by atoms with E-state index in [2.05, 4.69) is 9.97 Å². The average Bonchev–Trinajstić information content (AvgIpc) is 2.26. The zero-order valence-corrected chi connectivity index (χ0v) is 9.13. The van der Waals surface area contributed by atoms with Crippen molar-refractivity contribution in [1.29, 1.82) is 0 Å². The summed E-state index contributed by atoms with van der Waals surface area (Å²) in [6.07, 6.45) is -3.09. The second-order valence-corrected chi connectivity index (χ2v) is 3.73. The lowest BCUT2D eigenvalue weighted by atomic mass is 10.1. The van der Waals surface area contributed by atoms with E-state index in [0.29, 0.717) is 6.29 Å². The fourth-order valence-electron chi connectivity index (χ4n) is 1.75. The van der Waals surface area contributed by atoms with Gasteiger partial charge < -0.3 is 4.98 Å². The number of halogens is 3. The molecule has 0 atom stereocenters.